The lowest BCUT2D eigenvalue weighted by Gasteiger charge is -2.28. The fourth-order valence-corrected chi connectivity index (χ4v) is 3.88. The zero-order valence-electron chi connectivity index (χ0n) is 14.5. The molecule has 0 aromatic carbocycles. The Labute approximate surface area is 138 Å². The summed E-state index contributed by atoms with van der Waals surface area (Å²) in [7, 11) is -3.68. The summed E-state index contributed by atoms with van der Waals surface area (Å²) in [6, 6.07) is 0. The molecule has 0 aliphatic heterocycles. The van der Waals surface area contributed by atoms with Crippen LogP contribution in [0.25, 0.3) is 0 Å². The van der Waals surface area contributed by atoms with E-state index in [1.807, 2.05) is 0 Å². The van der Waals surface area contributed by atoms with Gasteiger partial charge in [0.1, 0.15) is 5.60 Å². The van der Waals surface area contributed by atoms with Crippen molar-refractivity contribution >= 4 is 21.8 Å². The van der Waals surface area contributed by atoms with Crippen molar-refractivity contribution in [1.29, 1.82) is 0 Å². The maximum Gasteiger partial charge on any atom is 0.334 e. The van der Waals surface area contributed by atoms with Crippen molar-refractivity contribution in [2.24, 2.45) is 0 Å². The summed E-state index contributed by atoms with van der Waals surface area (Å²) < 4.78 is 33.2. The average molecular weight is 346 g/mol. The van der Waals surface area contributed by atoms with Gasteiger partial charge in [0.2, 0.25) is 0 Å². The summed E-state index contributed by atoms with van der Waals surface area (Å²) in [6.45, 7) is 7.04. The number of carbonyl (C=O) groups excluding carboxylic acids is 2. The minimum Gasteiger partial charge on any atom is -0.465 e. The molecule has 0 amide bonds. The summed E-state index contributed by atoms with van der Waals surface area (Å²) in [5.41, 5.74) is -0.214. The van der Waals surface area contributed by atoms with Crippen molar-refractivity contribution in [2.45, 2.75) is 63.7 Å². The highest BCUT2D eigenvalue weighted by Gasteiger charge is 2.49. The Hall–Kier alpha value is -1.37. The van der Waals surface area contributed by atoms with E-state index in [-0.39, 0.29) is 25.9 Å². The molecule has 0 fully saturated rings. The summed E-state index contributed by atoms with van der Waals surface area (Å²) in [5, 5.41) is 0. The minimum atomic E-state index is -3.68. The van der Waals surface area contributed by atoms with Gasteiger partial charge in [0, 0.05) is 11.8 Å². The molecule has 6 nitrogen and oxygen atoms in total. The molecule has 132 valence electrons. The van der Waals surface area contributed by atoms with Gasteiger partial charge in [-0.05, 0) is 53.4 Å². The second-order valence-corrected chi connectivity index (χ2v) is 9.08. The summed E-state index contributed by atoms with van der Waals surface area (Å²) in [6.07, 6.45) is 3.32. The van der Waals surface area contributed by atoms with Crippen LogP contribution in [-0.2, 0) is 28.9 Å². The molecule has 23 heavy (non-hydrogen) atoms. The quantitative estimate of drug-likeness (QED) is 0.725. The monoisotopic (exact) mass is 346 g/mol. The van der Waals surface area contributed by atoms with Gasteiger partial charge in [-0.3, -0.25) is 4.79 Å². The predicted octanol–water partition coefficient (Wildman–Crippen LogP) is 2.17. The van der Waals surface area contributed by atoms with Gasteiger partial charge in [0.25, 0.3) is 0 Å². The van der Waals surface area contributed by atoms with Crippen LogP contribution in [0.2, 0.25) is 0 Å². The van der Waals surface area contributed by atoms with Gasteiger partial charge in [0.05, 0.1) is 6.61 Å². The van der Waals surface area contributed by atoms with E-state index in [1.165, 1.54) is 0 Å². The summed E-state index contributed by atoms with van der Waals surface area (Å²) in [4.78, 5) is 24.5. The number of hydrogen-bond acceptors (Lipinski definition) is 6. The Kier molecular flexibility index (Phi) is 6.01. The van der Waals surface area contributed by atoms with E-state index < -0.39 is 32.1 Å². The third-order valence-electron chi connectivity index (χ3n) is 3.76. The largest absolute Gasteiger partial charge is 0.465 e. The molecular formula is C16H26O6S. The van der Waals surface area contributed by atoms with Crippen LogP contribution >= 0.6 is 0 Å². The van der Waals surface area contributed by atoms with E-state index in [2.05, 4.69) is 0 Å². The Balaban J connectivity index is 3.01. The van der Waals surface area contributed by atoms with Crippen LogP contribution in [0.3, 0.4) is 0 Å². The van der Waals surface area contributed by atoms with E-state index in [1.54, 1.807) is 33.8 Å². The molecule has 0 spiro atoms. The number of carbonyl (C=O) groups is 2. The van der Waals surface area contributed by atoms with Gasteiger partial charge >= 0.3 is 11.9 Å². The lowest BCUT2D eigenvalue weighted by Crippen LogP contribution is -2.47. The average Bonchev–Trinajstić information content (AvgIpc) is 2.59. The number of ether oxygens (including phenoxy) is 2. The second-order valence-electron chi connectivity index (χ2n) is 6.76. The van der Waals surface area contributed by atoms with E-state index in [0.717, 1.165) is 6.26 Å². The summed E-state index contributed by atoms with van der Waals surface area (Å²) >= 11 is 0. The van der Waals surface area contributed by atoms with Crippen LogP contribution < -0.4 is 0 Å². The fraction of sp³-hybridized carbons (Fsp3) is 0.750. The SMILES string of the molecule is CCOC(=O)C1(S(C)(=O)=O)CCC=C(C(=O)OC(C)(C)C)CC1. The fourth-order valence-electron chi connectivity index (χ4n) is 2.56. The van der Waals surface area contributed by atoms with Crippen molar-refractivity contribution in [2.75, 3.05) is 12.9 Å². The maximum atomic E-state index is 12.3. The van der Waals surface area contributed by atoms with E-state index >= 15 is 0 Å². The molecule has 0 heterocycles. The number of hydrogen-bond donors (Lipinski definition) is 0. The first-order chi connectivity index (χ1) is 10.4. The van der Waals surface area contributed by atoms with Crippen molar-refractivity contribution in [3.05, 3.63) is 11.6 Å². The van der Waals surface area contributed by atoms with E-state index in [9.17, 15) is 18.0 Å². The first-order valence-corrected chi connectivity index (χ1v) is 9.61. The predicted molar refractivity (Wildman–Crippen MR) is 86.6 cm³/mol. The molecule has 0 aromatic heterocycles. The van der Waals surface area contributed by atoms with Crippen molar-refractivity contribution < 1.29 is 27.5 Å². The zero-order valence-corrected chi connectivity index (χ0v) is 15.3. The third kappa shape index (κ3) is 4.80. The standard InChI is InChI=1S/C16H26O6S/c1-6-21-14(18)16(23(5,19)20)10-7-8-12(9-11-16)13(17)22-15(2,3)4/h8H,6-7,9-11H2,1-5H3. The molecule has 1 rings (SSSR count). The molecule has 0 bridgehead atoms. The Morgan fingerprint density at radius 1 is 1.26 bits per heavy atom. The van der Waals surface area contributed by atoms with E-state index in [0.29, 0.717) is 12.0 Å². The molecule has 7 heteroatoms. The van der Waals surface area contributed by atoms with Crippen molar-refractivity contribution in [3.63, 3.8) is 0 Å². The van der Waals surface area contributed by atoms with Crippen LogP contribution in [0.4, 0.5) is 0 Å². The highest BCUT2D eigenvalue weighted by molar-refractivity contribution is 7.92. The molecule has 1 aliphatic carbocycles. The number of esters is 2. The second kappa shape index (κ2) is 7.03. The normalized spacial score (nSPS) is 22.7. The molecule has 0 saturated heterocycles. The molecular weight excluding hydrogens is 320 g/mol. The number of rotatable bonds is 4. The van der Waals surface area contributed by atoms with E-state index in [4.69, 9.17) is 9.47 Å². The molecule has 0 radical (unpaired) electrons. The molecule has 1 atom stereocenters. The lowest BCUT2D eigenvalue weighted by atomic mass is 9.98. The van der Waals surface area contributed by atoms with Crippen LogP contribution in [-0.4, -0.2) is 43.6 Å². The van der Waals surface area contributed by atoms with Gasteiger partial charge < -0.3 is 9.47 Å². The zero-order chi connectivity index (χ0) is 17.9. The van der Waals surface area contributed by atoms with Crippen LogP contribution in [0.1, 0.15) is 53.4 Å². The molecule has 1 unspecified atom stereocenters. The number of sulfone groups is 1. The first-order valence-electron chi connectivity index (χ1n) is 7.72. The van der Waals surface area contributed by atoms with Gasteiger partial charge in [-0.2, -0.15) is 0 Å². The third-order valence-corrected chi connectivity index (χ3v) is 5.75. The number of allylic oxidation sites excluding steroid dienone is 1. The highest BCUT2D eigenvalue weighted by atomic mass is 32.2. The summed E-state index contributed by atoms with van der Waals surface area (Å²) in [5.74, 6) is -1.20. The van der Waals surface area contributed by atoms with Crippen LogP contribution in [0.15, 0.2) is 11.6 Å². The smallest absolute Gasteiger partial charge is 0.334 e. The first kappa shape index (κ1) is 19.7. The van der Waals surface area contributed by atoms with Crippen molar-refractivity contribution in [3.8, 4) is 0 Å². The molecule has 0 aromatic rings. The maximum absolute atomic E-state index is 12.3. The van der Waals surface area contributed by atoms with Crippen LogP contribution in [0.5, 0.6) is 0 Å². The Morgan fingerprint density at radius 3 is 2.35 bits per heavy atom. The van der Waals surface area contributed by atoms with Crippen molar-refractivity contribution in [1.82, 2.24) is 0 Å². The Bertz CT molecular complexity index is 597. The van der Waals surface area contributed by atoms with Gasteiger partial charge in [0.15, 0.2) is 14.6 Å². The Morgan fingerprint density at radius 2 is 1.87 bits per heavy atom. The minimum absolute atomic E-state index is 0.0236. The van der Waals surface area contributed by atoms with Gasteiger partial charge in [-0.25, -0.2) is 13.2 Å². The lowest BCUT2D eigenvalue weighted by molar-refractivity contribution is -0.150. The topological polar surface area (TPSA) is 86.7 Å². The van der Waals surface area contributed by atoms with Crippen LogP contribution in [0, 0.1) is 0 Å². The molecule has 1 aliphatic rings. The van der Waals surface area contributed by atoms with Gasteiger partial charge in [-0.1, -0.05) is 6.08 Å². The highest BCUT2D eigenvalue weighted by Crippen LogP contribution is 2.35. The molecule has 0 N–H and O–H groups in total. The van der Waals surface area contributed by atoms with Gasteiger partial charge in [-0.15, -0.1) is 0 Å². The molecule has 0 saturated carbocycles.